The van der Waals surface area contributed by atoms with Crippen LogP contribution in [0.3, 0.4) is 0 Å². The lowest BCUT2D eigenvalue weighted by Crippen LogP contribution is -2.36. The number of aryl methyl sites for hydroxylation is 1. The van der Waals surface area contributed by atoms with Gasteiger partial charge in [0.15, 0.2) is 0 Å². The third-order valence-electron chi connectivity index (χ3n) is 2.94. The Kier molecular flexibility index (Phi) is 4.55. The zero-order chi connectivity index (χ0) is 11.2. The summed E-state index contributed by atoms with van der Waals surface area (Å²) in [6, 6.07) is 8.90. The Morgan fingerprint density at radius 2 is 1.81 bits per heavy atom. The van der Waals surface area contributed by atoms with Gasteiger partial charge < -0.3 is 9.64 Å². The fourth-order valence-electron chi connectivity index (χ4n) is 1.98. The topological polar surface area (TPSA) is 12.5 Å². The van der Waals surface area contributed by atoms with E-state index in [4.69, 9.17) is 4.74 Å². The van der Waals surface area contributed by atoms with E-state index in [1.165, 1.54) is 11.3 Å². The van der Waals surface area contributed by atoms with Crippen LogP contribution in [0.1, 0.15) is 12.0 Å². The lowest BCUT2D eigenvalue weighted by Gasteiger charge is -2.28. The van der Waals surface area contributed by atoms with Gasteiger partial charge in [0.1, 0.15) is 0 Å². The van der Waals surface area contributed by atoms with Crippen molar-refractivity contribution in [2.45, 2.75) is 12.8 Å². The second-order valence-electron chi connectivity index (χ2n) is 4.09. The monoisotopic (exact) mass is 237 g/mol. The van der Waals surface area contributed by atoms with Crippen LogP contribution in [-0.4, -0.2) is 32.1 Å². The molecule has 0 aromatic heterocycles. The molecular weight excluding hydrogens is 218 g/mol. The van der Waals surface area contributed by atoms with Crippen molar-refractivity contribution in [3.63, 3.8) is 0 Å². The molecule has 0 aliphatic carbocycles. The molecule has 1 fully saturated rings. The van der Waals surface area contributed by atoms with Gasteiger partial charge in [-0.25, -0.2) is 0 Å². The van der Waals surface area contributed by atoms with Crippen molar-refractivity contribution in [3.05, 3.63) is 29.8 Å². The highest BCUT2D eigenvalue weighted by Crippen LogP contribution is 2.17. The minimum absolute atomic E-state index is 0.849. The molecule has 0 unspecified atom stereocenters. The second kappa shape index (κ2) is 6.16. The molecule has 0 radical (unpaired) electrons. The average Bonchev–Trinajstić information content (AvgIpc) is 2.38. The Morgan fingerprint density at radius 1 is 1.12 bits per heavy atom. The number of ether oxygens (including phenoxy) is 1. The molecule has 1 aromatic carbocycles. The molecule has 16 heavy (non-hydrogen) atoms. The smallest absolute Gasteiger partial charge is 0.0642 e. The molecule has 1 aliphatic rings. The minimum Gasteiger partial charge on any atom is -0.378 e. The number of hydrogen-bond donors (Lipinski definition) is 1. The van der Waals surface area contributed by atoms with Gasteiger partial charge in [0.2, 0.25) is 0 Å². The minimum atomic E-state index is 0.849. The first-order chi connectivity index (χ1) is 7.90. The molecule has 0 atom stereocenters. The van der Waals surface area contributed by atoms with Gasteiger partial charge in [-0.1, -0.05) is 12.1 Å². The van der Waals surface area contributed by atoms with E-state index >= 15 is 0 Å². The van der Waals surface area contributed by atoms with Crippen LogP contribution < -0.4 is 4.90 Å². The van der Waals surface area contributed by atoms with Gasteiger partial charge in [-0.2, -0.15) is 12.6 Å². The Bertz CT molecular complexity index is 306. The summed E-state index contributed by atoms with van der Waals surface area (Å²) in [6.07, 6.45) is 2.28. The van der Waals surface area contributed by atoms with Gasteiger partial charge in [0.05, 0.1) is 13.2 Å². The molecule has 0 amide bonds. The van der Waals surface area contributed by atoms with E-state index in [1.54, 1.807) is 0 Å². The van der Waals surface area contributed by atoms with Crippen LogP contribution in [0.15, 0.2) is 24.3 Å². The lowest BCUT2D eigenvalue weighted by atomic mass is 10.1. The van der Waals surface area contributed by atoms with Crippen molar-refractivity contribution in [1.82, 2.24) is 0 Å². The van der Waals surface area contributed by atoms with Crippen LogP contribution in [0.2, 0.25) is 0 Å². The molecule has 1 heterocycles. The maximum atomic E-state index is 5.35. The highest BCUT2D eigenvalue weighted by atomic mass is 32.1. The molecule has 0 bridgehead atoms. The first-order valence-electron chi connectivity index (χ1n) is 5.92. The van der Waals surface area contributed by atoms with E-state index in [0.29, 0.717) is 0 Å². The first kappa shape index (κ1) is 11.8. The molecule has 0 saturated carbocycles. The summed E-state index contributed by atoms with van der Waals surface area (Å²) in [7, 11) is 0. The van der Waals surface area contributed by atoms with Gasteiger partial charge in [-0.3, -0.25) is 0 Å². The normalized spacial score (nSPS) is 16.4. The van der Waals surface area contributed by atoms with Crippen LogP contribution in [0.25, 0.3) is 0 Å². The summed E-state index contributed by atoms with van der Waals surface area (Å²) >= 11 is 4.23. The highest BCUT2D eigenvalue weighted by molar-refractivity contribution is 7.80. The SMILES string of the molecule is SCCCc1ccc(N2CCOCC2)cc1. The van der Waals surface area contributed by atoms with Gasteiger partial charge in [-0.05, 0) is 36.3 Å². The number of nitrogens with zero attached hydrogens (tertiary/aromatic N) is 1. The molecule has 1 saturated heterocycles. The lowest BCUT2D eigenvalue weighted by molar-refractivity contribution is 0.122. The standard InChI is InChI=1S/C13H19NOS/c16-11-1-2-12-3-5-13(6-4-12)14-7-9-15-10-8-14/h3-6,16H,1-2,7-11H2. The largest absolute Gasteiger partial charge is 0.378 e. The Balaban J connectivity index is 1.95. The van der Waals surface area contributed by atoms with Crippen LogP contribution in [0, 0.1) is 0 Å². The number of anilines is 1. The summed E-state index contributed by atoms with van der Waals surface area (Å²) < 4.78 is 5.35. The fraction of sp³-hybridized carbons (Fsp3) is 0.538. The van der Waals surface area contributed by atoms with Crippen molar-refractivity contribution >= 4 is 18.3 Å². The van der Waals surface area contributed by atoms with Crippen molar-refractivity contribution in [3.8, 4) is 0 Å². The highest BCUT2D eigenvalue weighted by Gasteiger charge is 2.10. The average molecular weight is 237 g/mol. The number of hydrogen-bond acceptors (Lipinski definition) is 3. The molecule has 2 rings (SSSR count). The Morgan fingerprint density at radius 3 is 2.44 bits per heavy atom. The van der Waals surface area contributed by atoms with Gasteiger partial charge in [0.25, 0.3) is 0 Å². The summed E-state index contributed by atoms with van der Waals surface area (Å²) in [5.41, 5.74) is 2.73. The maximum absolute atomic E-state index is 5.35. The van der Waals surface area contributed by atoms with Crippen LogP contribution in [-0.2, 0) is 11.2 Å². The van der Waals surface area contributed by atoms with Crippen LogP contribution in [0.5, 0.6) is 0 Å². The molecular formula is C13H19NOS. The first-order valence-corrected chi connectivity index (χ1v) is 6.56. The van der Waals surface area contributed by atoms with Crippen molar-refractivity contribution in [2.24, 2.45) is 0 Å². The zero-order valence-corrected chi connectivity index (χ0v) is 10.5. The third kappa shape index (κ3) is 3.16. The number of benzene rings is 1. The molecule has 2 nitrogen and oxygen atoms in total. The van der Waals surface area contributed by atoms with E-state index in [9.17, 15) is 0 Å². The van der Waals surface area contributed by atoms with E-state index in [2.05, 4.69) is 41.8 Å². The van der Waals surface area contributed by atoms with Crippen LogP contribution in [0.4, 0.5) is 5.69 Å². The predicted octanol–water partition coefficient (Wildman–Crippen LogP) is 2.39. The maximum Gasteiger partial charge on any atom is 0.0642 e. The molecule has 88 valence electrons. The van der Waals surface area contributed by atoms with E-state index in [0.717, 1.165) is 44.9 Å². The zero-order valence-electron chi connectivity index (χ0n) is 9.56. The molecule has 3 heteroatoms. The molecule has 1 aliphatic heterocycles. The molecule has 1 aromatic rings. The van der Waals surface area contributed by atoms with Crippen LogP contribution >= 0.6 is 12.6 Å². The summed E-state index contributed by atoms with van der Waals surface area (Å²) in [4.78, 5) is 2.38. The predicted molar refractivity (Wildman–Crippen MR) is 71.6 cm³/mol. The van der Waals surface area contributed by atoms with Crippen molar-refractivity contribution in [2.75, 3.05) is 37.0 Å². The summed E-state index contributed by atoms with van der Waals surface area (Å²) in [5.74, 6) is 0.964. The summed E-state index contributed by atoms with van der Waals surface area (Å²) in [6.45, 7) is 3.72. The Hall–Kier alpha value is -0.670. The Labute approximate surface area is 103 Å². The van der Waals surface area contributed by atoms with E-state index in [-0.39, 0.29) is 0 Å². The van der Waals surface area contributed by atoms with Crippen molar-refractivity contribution < 1.29 is 4.74 Å². The van der Waals surface area contributed by atoms with Gasteiger partial charge >= 0.3 is 0 Å². The fourth-order valence-corrected chi connectivity index (χ4v) is 2.14. The van der Waals surface area contributed by atoms with Crippen molar-refractivity contribution in [1.29, 1.82) is 0 Å². The van der Waals surface area contributed by atoms with Gasteiger partial charge in [-0.15, -0.1) is 0 Å². The molecule has 0 spiro atoms. The van der Waals surface area contributed by atoms with E-state index < -0.39 is 0 Å². The molecule has 0 N–H and O–H groups in total. The third-order valence-corrected chi connectivity index (χ3v) is 3.25. The van der Waals surface area contributed by atoms with E-state index in [1.807, 2.05) is 0 Å². The number of morpholine rings is 1. The quantitative estimate of drug-likeness (QED) is 0.807. The number of rotatable bonds is 4. The summed E-state index contributed by atoms with van der Waals surface area (Å²) in [5, 5.41) is 0. The number of thiol groups is 1. The van der Waals surface area contributed by atoms with Gasteiger partial charge in [0, 0.05) is 18.8 Å². The second-order valence-corrected chi connectivity index (χ2v) is 4.54.